The third-order valence-corrected chi connectivity index (χ3v) is 6.83. The second-order valence-electron chi connectivity index (χ2n) is 8.31. The molecule has 33 heavy (non-hydrogen) atoms. The van der Waals surface area contributed by atoms with Crippen LogP contribution >= 0.6 is 11.3 Å². The van der Waals surface area contributed by atoms with Gasteiger partial charge in [0.15, 0.2) is 0 Å². The van der Waals surface area contributed by atoms with Crippen LogP contribution in [0.5, 0.6) is 0 Å². The van der Waals surface area contributed by atoms with Gasteiger partial charge in [0, 0.05) is 23.4 Å². The molecule has 0 unspecified atom stereocenters. The van der Waals surface area contributed by atoms with E-state index in [4.69, 9.17) is 4.74 Å². The predicted molar refractivity (Wildman–Crippen MR) is 129 cm³/mol. The molecule has 1 saturated carbocycles. The van der Waals surface area contributed by atoms with Crippen LogP contribution in [0, 0.1) is 0 Å². The van der Waals surface area contributed by atoms with Crippen molar-refractivity contribution in [2.45, 2.75) is 51.7 Å². The summed E-state index contributed by atoms with van der Waals surface area (Å²) in [6.45, 7) is 2.27. The number of aryl methyl sites for hydroxylation is 2. The summed E-state index contributed by atoms with van der Waals surface area (Å²) in [6, 6.07) is 15.9. The van der Waals surface area contributed by atoms with Crippen molar-refractivity contribution in [1.29, 1.82) is 0 Å². The number of carbonyl (C=O) groups excluding carboxylic acids is 1. The van der Waals surface area contributed by atoms with Gasteiger partial charge in [-0.15, -0.1) is 11.3 Å². The molecule has 0 amide bonds. The lowest BCUT2D eigenvalue weighted by Gasteiger charge is -2.12. The lowest BCUT2D eigenvalue weighted by atomic mass is 10.1. The maximum Gasteiger partial charge on any atom is 0.306 e. The standard InChI is InChI=1S/C26H25N3O3S/c1-2-17-7-9-18(10-8-17)25-27-19(16-33-25)15-32-24(30)14-13-23-28-22-6-4-3-5-21(22)26(31)29(23)20-11-12-20/h3-10,16,20H,2,11-15H2,1H3. The maximum absolute atomic E-state index is 12.9. The highest BCUT2D eigenvalue weighted by Crippen LogP contribution is 2.35. The highest BCUT2D eigenvalue weighted by atomic mass is 32.1. The maximum atomic E-state index is 12.9. The number of aromatic nitrogens is 3. The first-order valence-corrected chi connectivity index (χ1v) is 12.2. The van der Waals surface area contributed by atoms with Gasteiger partial charge < -0.3 is 4.74 Å². The first kappa shape index (κ1) is 21.5. The Morgan fingerprint density at radius 1 is 1.12 bits per heavy atom. The van der Waals surface area contributed by atoms with Crippen LogP contribution in [0.25, 0.3) is 21.5 Å². The molecular weight excluding hydrogens is 434 g/mol. The largest absolute Gasteiger partial charge is 0.459 e. The molecule has 0 saturated heterocycles. The van der Waals surface area contributed by atoms with E-state index in [0.717, 1.165) is 35.5 Å². The van der Waals surface area contributed by atoms with Gasteiger partial charge in [-0.2, -0.15) is 0 Å². The number of thiazole rings is 1. The van der Waals surface area contributed by atoms with E-state index in [0.29, 0.717) is 23.1 Å². The summed E-state index contributed by atoms with van der Waals surface area (Å²) in [7, 11) is 0. The second-order valence-corrected chi connectivity index (χ2v) is 9.16. The van der Waals surface area contributed by atoms with Crippen LogP contribution in [0.2, 0.25) is 0 Å². The van der Waals surface area contributed by atoms with E-state index in [1.807, 2.05) is 29.6 Å². The molecule has 2 heterocycles. The predicted octanol–water partition coefficient (Wildman–Crippen LogP) is 5.09. The molecule has 0 radical (unpaired) electrons. The Morgan fingerprint density at radius 2 is 1.91 bits per heavy atom. The molecule has 2 aromatic carbocycles. The third-order valence-electron chi connectivity index (χ3n) is 5.89. The highest BCUT2D eigenvalue weighted by molar-refractivity contribution is 7.13. The fourth-order valence-electron chi connectivity index (χ4n) is 3.91. The first-order valence-electron chi connectivity index (χ1n) is 11.3. The van der Waals surface area contributed by atoms with Gasteiger partial charge in [-0.1, -0.05) is 43.3 Å². The second kappa shape index (κ2) is 9.27. The minimum atomic E-state index is -0.318. The lowest BCUT2D eigenvalue weighted by molar-refractivity contribution is -0.145. The number of esters is 1. The number of carbonyl (C=O) groups is 1. The topological polar surface area (TPSA) is 74.1 Å². The van der Waals surface area contributed by atoms with E-state index in [2.05, 4.69) is 41.2 Å². The zero-order valence-electron chi connectivity index (χ0n) is 18.5. The molecule has 4 aromatic rings. The van der Waals surface area contributed by atoms with Crippen LogP contribution in [0.3, 0.4) is 0 Å². The smallest absolute Gasteiger partial charge is 0.306 e. The van der Waals surface area contributed by atoms with Gasteiger partial charge in [-0.25, -0.2) is 9.97 Å². The first-order chi connectivity index (χ1) is 16.1. The van der Waals surface area contributed by atoms with Gasteiger partial charge >= 0.3 is 5.97 Å². The van der Waals surface area contributed by atoms with Gasteiger partial charge in [0.25, 0.3) is 5.56 Å². The molecule has 168 valence electrons. The lowest BCUT2D eigenvalue weighted by Crippen LogP contribution is -2.25. The fourth-order valence-corrected chi connectivity index (χ4v) is 4.72. The Kier molecular flexibility index (Phi) is 6.05. The molecule has 5 rings (SSSR count). The van der Waals surface area contributed by atoms with Crippen LogP contribution in [0.15, 0.2) is 58.7 Å². The van der Waals surface area contributed by atoms with Crippen molar-refractivity contribution in [3.8, 4) is 10.6 Å². The Hall–Kier alpha value is -3.32. The number of rotatable bonds is 8. The number of hydrogen-bond acceptors (Lipinski definition) is 6. The molecular formula is C26H25N3O3S. The molecule has 1 aliphatic rings. The van der Waals surface area contributed by atoms with E-state index in [-0.39, 0.29) is 30.6 Å². The summed E-state index contributed by atoms with van der Waals surface area (Å²) in [5.41, 5.74) is 3.74. The van der Waals surface area contributed by atoms with Crippen molar-refractivity contribution in [3.63, 3.8) is 0 Å². The van der Waals surface area contributed by atoms with E-state index < -0.39 is 0 Å². The quantitative estimate of drug-likeness (QED) is 0.343. The van der Waals surface area contributed by atoms with Gasteiger partial charge in [0.05, 0.1) is 23.0 Å². The van der Waals surface area contributed by atoms with Gasteiger partial charge in [-0.3, -0.25) is 14.2 Å². The molecule has 0 N–H and O–H groups in total. The molecule has 0 aliphatic heterocycles. The van der Waals surface area contributed by atoms with Crippen molar-refractivity contribution in [2.75, 3.05) is 0 Å². The zero-order valence-corrected chi connectivity index (χ0v) is 19.3. The number of para-hydroxylation sites is 1. The molecule has 1 fully saturated rings. The van der Waals surface area contributed by atoms with Crippen LogP contribution in [0.4, 0.5) is 0 Å². The highest BCUT2D eigenvalue weighted by Gasteiger charge is 2.28. The van der Waals surface area contributed by atoms with Crippen molar-refractivity contribution in [1.82, 2.24) is 14.5 Å². The molecule has 7 heteroatoms. The summed E-state index contributed by atoms with van der Waals surface area (Å²) in [4.78, 5) is 34.6. The fraction of sp³-hybridized carbons (Fsp3) is 0.308. The minimum Gasteiger partial charge on any atom is -0.459 e. The van der Waals surface area contributed by atoms with Crippen LogP contribution in [-0.4, -0.2) is 20.5 Å². The Labute approximate surface area is 195 Å². The minimum absolute atomic E-state index is 0.0200. The Balaban J connectivity index is 1.22. The van der Waals surface area contributed by atoms with Gasteiger partial charge in [0.2, 0.25) is 0 Å². The van der Waals surface area contributed by atoms with Crippen molar-refractivity contribution >= 4 is 28.2 Å². The molecule has 0 spiro atoms. The summed E-state index contributed by atoms with van der Waals surface area (Å²) >= 11 is 1.54. The SMILES string of the molecule is CCc1ccc(-c2nc(COC(=O)CCc3nc4ccccc4c(=O)n3C3CC3)cs2)cc1. The summed E-state index contributed by atoms with van der Waals surface area (Å²) < 4.78 is 7.23. The monoisotopic (exact) mass is 459 g/mol. The van der Waals surface area contributed by atoms with E-state index in [1.54, 1.807) is 15.9 Å². The third kappa shape index (κ3) is 4.73. The molecule has 0 bridgehead atoms. The van der Waals surface area contributed by atoms with Crippen molar-refractivity contribution in [2.24, 2.45) is 0 Å². The van der Waals surface area contributed by atoms with Crippen LogP contribution in [0.1, 0.15) is 49.3 Å². The van der Waals surface area contributed by atoms with Crippen molar-refractivity contribution in [3.05, 3.63) is 81.3 Å². The number of hydrogen-bond donors (Lipinski definition) is 0. The van der Waals surface area contributed by atoms with E-state index >= 15 is 0 Å². The Bertz CT molecular complexity index is 1350. The normalized spacial score (nSPS) is 13.4. The average molecular weight is 460 g/mol. The molecule has 1 aliphatic carbocycles. The van der Waals surface area contributed by atoms with E-state index in [9.17, 15) is 9.59 Å². The van der Waals surface area contributed by atoms with E-state index in [1.165, 1.54) is 5.56 Å². The van der Waals surface area contributed by atoms with Crippen LogP contribution in [-0.2, 0) is 29.0 Å². The van der Waals surface area contributed by atoms with Gasteiger partial charge in [-0.05, 0) is 37.0 Å². The van der Waals surface area contributed by atoms with Gasteiger partial charge in [0.1, 0.15) is 17.4 Å². The summed E-state index contributed by atoms with van der Waals surface area (Å²) in [5.74, 6) is 0.339. The summed E-state index contributed by atoms with van der Waals surface area (Å²) in [5, 5.41) is 3.46. The molecule has 6 nitrogen and oxygen atoms in total. The van der Waals surface area contributed by atoms with Crippen LogP contribution < -0.4 is 5.56 Å². The number of benzene rings is 2. The Morgan fingerprint density at radius 3 is 2.67 bits per heavy atom. The number of nitrogens with zero attached hydrogens (tertiary/aromatic N) is 3. The average Bonchev–Trinajstić information content (AvgIpc) is 3.57. The molecule has 2 aromatic heterocycles. The van der Waals surface area contributed by atoms with Crippen molar-refractivity contribution < 1.29 is 9.53 Å². The zero-order chi connectivity index (χ0) is 22.8. The number of ether oxygens (including phenoxy) is 1. The number of fused-ring (bicyclic) bond motifs is 1. The molecule has 0 atom stereocenters. The summed E-state index contributed by atoms with van der Waals surface area (Å²) in [6.07, 6.45) is 3.51.